The second-order valence-corrected chi connectivity index (χ2v) is 7.66. The Morgan fingerprint density at radius 3 is 2.91 bits per heavy atom. The Kier molecular flexibility index (Phi) is 3.41. The quantitative estimate of drug-likeness (QED) is 0.782. The second kappa shape index (κ2) is 5.23. The van der Waals surface area contributed by atoms with E-state index in [9.17, 15) is 10.2 Å². The number of fused-ring (bicyclic) bond motifs is 5. The number of aromatic hydroxyl groups is 1. The number of aliphatic hydroxyl groups is 1. The molecule has 0 saturated heterocycles. The summed E-state index contributed by atoms with van der Waals surface area (Å²) in [5, 5.41) is 24.9. The molecule has 2 saturated carbocycles. The van der Waals surface area contributed by atoms with Gasteiger partial charge in [0, 0.05) is 5.41 Å². The lowest BCUT2D eigenvalue weighted by Crippen LogP contribution is -2.48. The molecule has 1 unspecified atom stereocenters. The van der Waals surface area contributed by atoms with E-state index in [-0.39, 0.29) is 17.4 Å². The Balaban J connectivity index is 1.73. The predicted molar refractivity (Wildman–Crippen MR) is 88.6 cm³/mol. The van der Waals surface area contributed by atoms with Crippen LogP contribution in [0.2, 0.25) is 0 Å². The molecule has 3 aliphatic rings. The highest BCUT2D eigenvalue weighted by Gasteiger charge is 2.56. The van der Waals surface area contributed by atoms with E-state index in [0.717, 1.165) is 31.2 Å². The zero-order chi connectivity index (χ0) is 16.2. The van der Waals surface area contributed by atoms with Gasteiger partial charge in [-0.05, 0) is 73.1 Å². The maximum atomic E-state index is 10.9. The number of rotatable bonds is 1. The fourth-order valence-corrected chi connectivity index (χ4v) is 5.64. The van der Waals surface area contributed by atoms with Gasteiger partial charge in [-0.1, -0.05) is 18.1 Å². The van der Waals surface area contributed by atoms with Crippen molar-refractivity contribution in [3.63, 3.8) is 0 Å². The summed E-state index contributed by atoms with van der Waals surface area (Å²) in [5.41, 5.74) is 3.68. The maximum Gasteiger partial charge on any atom is 0.115 e. The first kappa shape index (κ1) is 15.0. The van der Waals surface area contributed by atoms with Gasteiger partial charge in [-0.25, -0.2) is 0 Å². The Morgan fingerprint density at radius 1 is 1.30 bits per heavy atom. The number of aliphatic hydroxyl groups excluding tert-OH is 1. The molecule has 0 amide bonds. The van der Waals surface area contributed by atoms with Crippen molar-refractivity contribution in [2.75, 3.05) is 7.11 Å². The number of hydrogen-bond donors (Lipinski definition) is 2. The van der Waals surface area contributed by atoms with Crippen molar-refractivity contribution >= 4 is 5.71 Å². The number of nitrogens with zero attached hydrogens (tertiary/aromatic N) is 1. The van der Waals surface area contributed by atoms with Crippen molar-refractivity contribution < 1.29 is 15.1 Å². The molecule has 1 aromatic rings. The van der Waals surface area contributed by atoms with Crippen molar-refractivity contribution in [1.82, 2.24) is 0 Å². The average Bonchev–Trinajstić information content (AvgIpc) is 2.84. The van der Waals surface area contributed by atoms with Crippen molar-refractivity contribution in [2.24, 2.45) is 22.4 Å². The van der Waals surface area contributed by atoms with Crippen LogP contribution in [0.15, 0.2) is 23.4 Å². The van der Waals surface area contributed by atoms with Crippen LogP contribution < -0.4 is 0 Å². The van der Waals surface area contributed by atoms with Crippen molar-refractivity contribution in [2.45, 2.75) is 51.0 Å². The van der Waals surface area contributed by atoms with E-state index in [1.54, 1.807) is 13.2 Å². The molecule has 4 rings (SSSR count). The van der Waals surface area contributed by atoms with Crippen LogP contribution in [0.1, 0.15) is 49.7 Å². The van der Waals surface area contributed by atoms with Crippen molar-refractivity contribution in [3.8, 4) is 5.75 Å². The summed E-state index contributed by atoms with van der Waals surface area (Å²) >= 11 is 0. The lowest BCUT2D eigenvalue weighted by Gasteiger charge is -2.50. The van der Waals surface area contributed by atoms with Crippen LogP contribution in [0.25, 0.3) is 0 Å². The summed E-state index contributed by atoms with van der Waals surface area (Å²) < 4.78 is 0. The first-order valence-electron chi connectivity index (χ1n) is 8.65. The average molecular weight is 315 g/mol. The topological polar surface area (TPSA) is 62.0 Å². The molecule has 3 aliphatic carbocycles. The van der Waals surface area contributed by atoms with Gasteiger partial charge in [-0.2, -0.15) is 0 Å². The molecule has 4 nitrogen and oxygen atoms in total. The van der Waals surface area contributed by atoms with E-state index in [4.69, 9.17) is 4.84 Å². The number of phenols is 1. The van der Waals surface area contributed by atoms with Crippen molar-refractivity contribution in [3.05, 3.63) is 29.3 Å². The van der Waals surface area contributed by atoms with Gasteiger partial charge in [0.15, 0.2) is 0 Å². The van der Waals surface area contributed by atoms with E-state index in [0.29, 0.717) is 24.0 Å². The Morgan fingerprint density at radius 2 is 2.13 bits per heavy atom. The van der Waals surface area contributed by atoms with E-state index in [1.807, 2.05) is 6.07 Å². The Labute approximate surface area is 137 Å². The molecule has 0 spiro atoms. The maximum absolute atomic E-state index is 10.9. The predicted octanol–water partition coefficient (Wildman–Crippen LogP) is 3.22. The molecule has 1 aromatic carbocycles. The van der Waals surface area contributed by atoms with Gasteiger partial charge in [-0.15, -0.1) is 0 Å². The van der Waals surface area contributed by atoms with Gasteiger partial charge >= 0.3 is 0 Å². The highest BCUT2D eigenvalue weighted by Crippen LogP contribution is 2.60. The minimum absolute atomic E-state index is 0.0621. The smallest absolute Gasteiger partial charge is 0.115 e. The van der Waals surface area contributed by atoms with Gasteiger partial charge in [-0.3, -0.25) is 0 Å². The summed E-state index contributed by atoms with van der Waals surface area (Å²) in [6.45, 7) is 2.30. The third-order valence-electron chi connectivity index (χ3n) is 6.67. The van der Waals surface area contributed by atoms with Gasteiger partial charge in [0.05, 0.1) is 11.8 Å². The summed E-state index contributed by atoms with van der Waals surface area (Å²) in [6.07, 6.45) is 4.54. The van der Waals surface area contributed by atoms with E-state index in [2.05, 4.69) is 18.1 Å². The van der Waals surface area contributed by atoms with Crippen LogP contribution in [-0.2, 0) is 11.3 Å². The van der Waals surface area contributed by atoms with Crippen LogP contribution in [0.4, 0.5) is 0 Å². The van der Waals surface area contributed by atoms with E-state index >= 15 is 0 Å². The number of oxime groups is 1. The lowest BCUT2D eigenvalue weighted by molar-refractivity contribution is -0.00990. The fraction of sp³-hybridized carbons (Fsp3) is 0.632. The largest absolute Gasteiger partial charge is 0.508 e. The lowest BCUT2D eigenvalue weighted by atomic mass is 9.54. The molecular weight excluding hydrogens is 290 g/mol. The molecule has 0 aliphatic heterocycles. The van der Waals surface area contributed by atoms with Gasteiger partial charge in [0.1, 0.15) is 12.9 Å². The number of phenolic OH excluding ortho intramolecular Hbond substituents is 1. The molecule has 5 atom stereocenters. The Hall–Kier alpha value is -1.55. The minimum atomic E-state index is -0.333. The van der Waals surface area contributed by atoms with Crippen LogP contribution in [0.5, 0.6) is 5.75 Å². The molecule has 0 radical (unpaired) electrons. The van der Waals surface area contributed by atoms with E-state index < -0.39 is 0 Å². The minimum Gasteiger partial charge on any atom is -0.508 e. The molecule has 124 valence electrons. The molecule has 2 N–H and O–H groups in total. The standard InChI is InChI=1S/C19H25NO3/c1-19-8-7-14-13-4-3-12(21)9-11(13)10-16(22)18(14)15(19)5-6-17(19)20-23-2/h3-4,9,14-16,18,21-22H,5-8,10H2,1-2H3/b20-17+/t14-,15+,16?,18-,19+/m1/s1. The second-order valence-electron chi connectivity index (χ2n) is 7.66. The van der Waals surface area contributed by atoms with Gasteiger partial charge in [0.2, 0.25) is 0 Å². The van der Waals surface area contributed by atoms with Gasteiger partial charge < -0.3 is 15.1 Å². The molecule has 0 bridgehead atoms. The van der Waals surface area contributed by atoms with Gasteiger partial charge in [0.25, 0.3) is 0 Å². The third-order valence-corrected chi connectivity index (χ3v) is 6.67. The molecule has 0 heterocycles. The summed E-state index contributed by atoms with van der Waals surface area (Å²) in [4.78, 5) is 5.07. The first-order valence-corrected chi connectivity index (χ1v) is 8.65. The molecule has 0 aromatic heterocycles. The fourth-order valence-electron chi connectivity index (χ4n) is 5.64. The number of benzene rings is 1. The highest BCUT2D eigenvalue weighted by atomic mass is 16.6. The molecule has 4 heteroatoms. The first-order chi connectivity index (χ1) is 11.0. The van der Waals surface area contributed by atoms with Crippen LogP contribution in [0, 0.1) is 17.3 Å². The molecule has 2 fully saturated rings. The number of hydrogen-bond acceptors (Lipinski definition) is 4. The van der Waals surface area contributed by atoms with Crippen LogP contribution >= 0.6 is 0 Å². The third kappa shape index (κ3) is 2.11. The Bertz CT molecular complexity index is 656. The van der Waals surface area contributed by atoms with Crippen molar-refractivity contribution in [1.29, 1.82) is 0 Å². The monoisotopic (exact) mass is 315 g/mol. The normalized spacial score (nSPS) is 40.4. The summed E-state index contributed by atoms with van der Waals surface area (Å²) in [6, 6.07) is 5.68. The zero-order valence-corrected chi connectivity index (χ0v) is 13.8. The SMILES string of the molecule is CO/N=C1\CC[C@H]2[C@@H]3C(O)Cc4cc(O)ccc4[C@H]3CC[C@]12C. The molecule has 23 heavy (non-hydrogen) atoms. The molecular formula is C19H25NO3. The summed E-state index contributed by atoms with van der Waals surface area (Å²) in [7, 11) is 1.62. The zero-order valence-electron chi connectivity index (χ0n) is 13.8. The van der Waals surface area contributed by atoms with E-state index in [1.165, 1.54) is 11.3 Å². The van der Waals surface area contributed by atoms with Crippen LogP contribution in [0.3, 0.4) is 0 Å². The highest BCUT2D eigenvalue weighted by molar-refractivity contribution is 5.92. The summed E-state index contributed by atoms with van der Waals surface area (Å²) in [5.74, 6) is 1.45. The van der Waals surface area contributed by atoms with Crippen LogP contribution in [-0.4, -0.2) is 29.1 Å².